The van der Waals surface area contributed by atoms with Crippen molar-refractivity contribution in [2.24, 2.45) is 5.73 Å². The van der Waals surface area contributed by atoms with Gasteiger partial charge in [0, 0.05) is 30.5 Å². The molecule has 0 unspecified atom stereocenters. The molecule has 0 aliphatic heterocycles. The largest absolute Gasteiger partial charge is 0.376 e. The average Bonchev–Trinajstić information content (AvgIpc) is 2.25. The molecule has 0 bridgehead atoms. The number of rotatable bonds is 5. The molecule has 1 amide bonds. The highest BCUT2D eigenvalue weighted by molar-refractivity contribution is 9.10. The number of halogens is 1. The smallest absolute Gasteiger partial charge is 0.224 e. The van der Waals surface area contributed by atoms with E-state index in [4.69, 9.17) is 5.73 Å². The molecular weight excluding hydrogens is 306 g/mol. The Bertz CT molecular complexity index is 452. The standard InChI is InChI=1S/C14H22BrN3O/c1-14(2,16)8-7-13(19)17-11-9-10(15)5-6-12(11)18(3)4/h5-6,9H,7-8,16H2,1-4H3,(H,17,19). The zero-order chi connectivity index (χ0) is 14.6. The molecule has 0 atom stereocenters. The van der Waals surface area contributed by atoms with Crippen LogP contribution >= 0.6 is 15.9 Å². The van der Waals surface area contributed by atoms with Crippen molar-refractivity contribution in [2.45, 2.75) is 32.2 Å². The number of amides is 1. The van der Waals surface area contributed by atoms with E-state index in [1.165, 1.54) is 0 Å². The minimum atomic E-state index is -0.320. The van der Waals surface area contributed by atoms with Crippen molar-refractivity contribution >= 4 is 33.2 Å². The highest BCUT2D eigenvalue weighted by atomic mass is 79.9. The third-order valence-corrected chi connectivity index (χ3v) is 3.20. The Labute approximate surface area is 123 Å². The molecule has 0 aliphatic rings. The zero-order valence-corrected chi connectivity index (χ0v) is 13.5. The molecule has 0 aliphatic carbocycles. The summed E-state index contributed by atoms with van der Waals surface area (Å²) >= 11 is 3.42. The topological polar surface area (TPSA) is 58.4 Å². The van der Waals surface area contributed by atoms with E-state index in [1.54, 1.807) is 0 Å². The Morgan fingerprint density at radius 3 is 2.58 bits per heavy atom. The predicted molar refractivity (Wildman–Crippen MR) is 84.6 cm³/mol. The molecule has 0 saturated heterocycles. The fraction of sp³-hybridized carbons (Fsp3) is 0.500. The van der Waals surface area contributed by atoms with E-state index in [2.05, 4.69) is 21.2 Å². The fourth-order valence-corrected chi connectivity index (χ4v) is 2.01. The predicted octanol–water partition coefficient (Wildman–Crippen LogP) is 2.97. The van der Waals surface area contributed by atoms with Crippen LogP contribution in [0.5, 0.6) is 0 Å². The minimum absolute atomic E-state index is 0.0141. The molecule has 0 heterocycles. The molecule has 5 heteroatoms. The van der Waals surface area contributed by atoms with Crippen molar-refractivity contribution in [3.05, 3.63) is 22.7 Å². The SMILES string of the molecule is CN(C)c1ccc(Br)cc1NC(=O)CCC(C)(C)N. The summed E-state index contributed by atoms with van der Waals surface area (Å²) in [5.74, 6) is -0.0141. The van der Waals surface area contributed by atoms with Crippen LogP contribution in [0.15, 0.2) is 22.7 Å². The number of nitrogens with zero attached hydrogens (tertiary/aromatic N) is 1. The van der Waals surface area contributed by atoms with Crippen LogP contribution in [0, 0.1) is 0 Å². The maximum Gasteiger partial charge on any atom is 0.224 e. The maximum absolute atomic E-state index is 11.9. The number of hydrogen-bond acceptors (Lipinski definition) is 3. The van der Waals surface area contributed by atoms with E-state index >= 15 is 0 Å². The number of benzene rings is 1. The van der Waals surface area contributed by atoms with Crippen molar-refractivity contribution in [3.8, 4) is 0 Å². The van der Waals surface area contributed by atoms with Gasteiger partial charge < -0.3 is 16.0 Å². The van der Waals surface area contributed by atoms with Crippen LogP contribution < -0.4 is 16.0 Å². The quantitative estimate of drug-likeness (QED) is 0.874. The lowest BCUT2D eigenvalue weighted by Crippen LogP contribution is -2.33. The molecule has 0 radical (unpaired) electrons. The summed E-state index contributed by atoms with van der Waals surface area (Å²) in [7, 11) is 3.89. The number of nitrogens with two attached hydrogens (primary N) is 1. The molecule has 3 N–H and O–H groups in total. The summed E-state index contributed by atoms with van der Waals surface area (Å²) < 4.78 is 0.938. The summed E-state index contributed by atoms with van der Waals surface area (Å²) in [6, 6.07) is 5.82. The molecule has 4 nitrogen and oxygen atoms in total. The number of nitrogens with one attached hydrogen (secondary N) is 1. The van der Waals surface area contributed by atoms with Gasteiger partial charge in [-0.3, -0.25) is 4.79 Å². The summed E-state index contributed by atoms with van der Waals surface area (Å²) in [6.45, 7) is 3.84. The first-order valence-corrected chi connectivity index (χ1v) is 7.04. The van der Waals surface area contributed by atoms with E-state index < -0.39 is 0 Å². The minimum Gasteiger partial charge on any atom is -0.376 e. The Balaban J connectivity index is 2.76. The van der Waals surface area contributed by atoms with Gasteiger partial charge in [-0.05, 0) is 38.5 Å². The zero-order valence-electron chi connectivity index (χ0n) is 12.0. The third-order valence-electron chi connectivity index (χ3n) is 2.71. The van der Waals surface area contributed by atoms with Crippen LogP contribution in [-0.4, -0.2) is 25.5 Å². The van der Waals surface area contributed by atoms with Gasteiger partial charge in [0.25, 0.3) is 0 Å². The van der Waals surface area contributed by atoms with Crippen LogP contribution in [0.25, 0.3) is 0 Å². The summed E-state index contributed by atoms with van der Waals surface area (Å²) in [6.07, 6.45) is 1.08. The van der Waals surface area contributed by atoms with Gasteiger partial charge in [-0.2, -0.15) is 0 Å². The number of anilines is 2. The Hall–Kier alpha value is -1.07. The van der Waals surface area contributed by atoms with Gasteiger partial charge in [-0.1, -0.05) is 15.9 Å². The van der Waals surface area contributed by atoms with E-state index in [0.29, 0.717) is 12.8 Å². The van der Waals surface area contributed by atoms with E-state index in [9.17, 15) is 4.79 Å². The van der Waals surface area contributed by atoms with Gasteiger partial charge in [0.05, 0.1) is 11.4 Å². The molecule has 1 aromatic carbocycles. The summed E-state index contributed by atoms with van der Waals surface area (Å²) in [4.78, 5) is 13.9. The lowest BCUT2D eigenvalue weighted by molar-refractivity contribution is -0.116. The van der Waals surface area contributed by atoms with Gasteiger partial charge in [0.2, 0.25) is 5.91 Å². The monoisotopic (exact) mass is 327 g/mol. The Kier molecular flexibility index (Phi) is 5.38. The fourth-order valence-electron chi connectivity index (χ4n) is 1.65. The van der Waals surface area contributed by atoms with Crippen molar-refractivity contribution in [1.29, 1.82) is 0 Å². The number of hydrogen-bond donors (Lipinski definition) is 2. The highest BCUT2D eigenvalue weighted by Gasteiger charge is 2.14. The van der Waals surface area contributed by atoms with Gasteiger partial charge >= 0.3 is 0 Å². The number of carbonyl (C=O) groups excluding carboxylic acids is 1. The average molecular weight is 328 g/mol. The van der Waals surface area contributed by atoms with Crippen molar-refractivity contribution in [3.63, 3.8) is 0 Å². The molecular formula is C14H22BrN3O. The van der Waals surface area contributed by atoms with Crippen LogP contribution in [0.1, 0.15) is 26.7 Å². The first kappa shape index (κ1) is 16.0. The van der Waals surface area contributed by atoms with Gasteiger partial charge in [-0.25, -0.2) is 0 Å². The lowest BCUT2D eigenvalue weighted by atomic mass is 10.00. The Morgan fingerprint density at radius 1 is 1.42 bits per heavy atom. The molecule has 19 heavy (non-hydrogen) atoms. The highest BCUT2D eigenvalue weighted by Crippen LogP contribution is 2.28. The van der Waals surface area contributed by atoms with Gasteiger partial charge in [0.1, 0.15) is 0 Å². The van der Waals surface area contributed by atoms with Crippen molar-refractivity contribution in [1.82, 2.24) is 0 Å². The van der Waals surface area contributed by atoms with E-state index in [-0.39, 0.29) is 11.4 Å². The second kappa shape index (κ2) is 6.39. The molecule has 106 valence electrons. The Morgan fingerprint density at radius 2 is 2.05 bits per heavy atom. The first-order chi connectivity index (χ1) is 8.69. The molecule has 0 fully saturated rings. The van der Waals surface area contributed by atoms with Crippen LogP contribution in [0.4, 0.5) is 11.4 Å². The first-order valence-electron chi connectivity index (χ1n) is 6.24. The second-order valence-corrected chi connectivity index (χ2v) is 6.51. The number of carbonyl (C=O) groups is 1. The molecule has 0 spiro atoms. The summed E-state index contributed by atoms with van der Waals surface area (Å²) in [5.41, 5.74) is 7.34. The second-order valence-electron chi connectivity index (χ2n) is 5.59. The van der Waals surface area contributed by atoms with E-state index in [1.807, 2.05) is 51.0 Å². The molecule has 0 aromatic heterocycles. The maximum atomic E-state index is 11.9. The third kappa shape index (κ3) is 5.61. The molecule has 0 saturated carbocycles. The van der Waals surface area contributed by atoms with Gasteiger partial charge in [-0.15, -0.1) is 0 Å². The van der Waals surface area contributed by atoms with Crippen LogP contribution in [0.2, 0.25) is 0 Å². The summed E-state index contributed by atoms with van der Waals surface area (Å²) in [5, 5.41) is 2.94. The van der Waals surface area contributed by atoms with Gasteiger partial charge in [0.15, 0.2) is 0 Å². The normalized spacial score (nSPS) is 11.3. The van der Waals surface area contributed by atoms with Crippen LogP contribution in [-0.2, 0) is 4.79 Å². The van der Waals surface area contributed by atoms with Crippen molar-refractivity contribution < 1.29 is 4.79 Å². The van der Waals surface area contributed by atoms with E-state index in [0.717, 1.165) is 15.8 Å². The van der Waals surface area contributed by atoms with Crippen molar-refractivity contribution in [2.75, 3.05) is 24.3 Å². The molecule has 1 rings (SSSR count). The lowest BCUT2D eigenvalue weighted by Gasteiger charge is -2.20. The van der Waals surface area contributed by atoms with Crippen LogP contribution in [0.3, 0.4) is 0 Å². The molecule has 1 aromatic rings.